The minimum absolute atomic E-state index is 0.205. The summed E-state index contributed by atoms with van der Waals surface area (Å²) in [5.41, 5.74) is 0. The van der Waals surface area contributed by atoms with Crippen molar-refractivity contribution in [1.82, 2.24) is 5.32 Å². The molecule has 0 saturated heterocycles. The fraction of sp³-hybridized carbons (Fsp3) is 0.909. The van der Waals surface area contributed by atoms with E-state index < -0.39 is 0 Å². The lowest BCUT2D eigenvalue weighted by atomic mass is 9.96. The third kappa shape index (κ3) is 3.20. The average Bonchev–Trinajstić information content (AvgIpc) is 3.00. The van der Waals surface area contributed by atoms with Crippen molar-refractivity contribution in [1.29, 1.82) is 0 Å². The van der Waals surface area contributed by atoms with Gasteiger partial charge in [0.2, 0.25) is 0 Å². The maximum absolute atomic E-state index is 11.3. The van der Waals surface area contributed by atoms with Crippen LogP contribution in [0.2, 0.25) is 0 Å². The minimum atomic E-state index is -0.205. The number of ether oxygens (including phenoxy) is 1. The number of carbonyl (C=O) groups excluding carboxylic acids is 1. The molecule has 2 aliphatic carbocycles. The second kappa shape index (κ2) is 4.67. The first-order chi connectivity index (χ1) is 6.84. The smallest absolute Gasteiger partial charge is 0.407 e. The summed E-state index contributed by atoms with van der Waals surface area (Å²) in [5.74, 6) is 0.659. The molecule has 0 heterocycles. The Morgan fingerprint density at radius 1 is 1.14 bits per heavy atom. The lowest BCUT2D eigenvalue weighted by Gasteiger charge is -2.22. The fourth-order valence-electron chi connectivity index (χ4n) is 1.93. The molecular weight excluding hydrogens is 178 g/mol. The van der Waals surface area contributed by atoms with E-state index in [9.17, 15) is 4.79 Å². The monoisotopic (exact) mass is 197 g/mol. The van der Waals surface area contributed by atoms with E-state index in [-0.39, 0.29) is 6.09 Å². The van der Waals surface area contributed by atoms with Gasteiger partial charge in [0, 0.05) is 6.04 Å². The second-order valence-corrected chi connectivity index (χ2v) is 4.52. The summed E-state index contributed by atoms with van der Waals surface area (Å²) < 4.78 is 5.12. The average molecular weight is 197 g/mol. The van der Waals surface area contributed by atoms with Crippen LogP contribution in [0.1, 0.15) is 44.9 Å². The number of rotatable bonds is 3. The summed E-state index contributed by atoms with van der Waals surface area (Å²) in [7, 11) is 0. The van der Waals surface area contributed by atoms with Crippen LogP contribution in [-0.2, 0) is 4.74 Å². The lowest BCUT2D eigenvalue weighted by molar-refractivity contribution is 0.134. The van der Waals surface area contributed by atoms with Crippen LogP contribution in [0.5, 0.6) is 0 Å². The molecule has 3 heteroatoms. The van der Waals surface area contributed by atoms with Crippen molar-refractivity contribution in [3.63, 3.8) is 0 Å². The Morgan fingerprint density at radius 3 is 2.50 bits per heavy atom. The fourth-order valence-corrected chi connectivity index (χ4v) is 1.93. The van der Waals surface area contributed by atoms with Gasteiger partial charge in [0.05, 0.1) is 6.61 Å². The predicted molar refractivity (Wildman–Crippen MR) is 54.1 cm³/mol. The molecule has 3 nitrogen and oxygen atoms in total. The van der Waals surface area contributed by atoms with E-state index in [1.165, 1.54) is 32.1 Å². The summed E-state index contributed by atoms with van der Waals surface area (Å²) in [6.45, 7) is 0.624. The summed E-state index contributed by atoms with van der Waals surface area (Å²) in [6, 6.07) is 0.371. The Balaban J connectivity index is 1.59. The number of hydrogen-bond acceptors (Lipinski definition) is 2. The van der Waals surface area contributed by atoms with E-state index >= 15 is 0 Å². The van der Waals surface area contributed by atoms with Crippen molar-refractivity contribution in [3.8, 4) is 0 Å². The highest BCUT2D eigenvalue weighted by atomic mass is 16.5. The SMILES string of the molecule is O=C(NC1CCCCC1)OCC1CC1. The van der Waals surface area contributed by atoms with Gasteiger partial charge in [-0.05, 0) is 31.6 Å². The van der Waals surface area contributed by atoms with E-state index in [1.807, 2.05) is 0 Å². The van der Waals surface area contributed by atoms with Gasteiger partial charge in [-0.1, -0.05) is 19.3 Å². The maximum atomic E-state index is 11.3. The topological polar surface area (TPSA) is 38.3 Å². The molecule has 0 unspecified atom stereocenters. The van der Waals surface area contributed by atoms with Crippen LogP contribution in [0, 0.1) is 5.92 Å². The molecule has 0 aliphatic heterocycles. The molecular formula is C11H19NO2. The zero-order valence-corrected chi connectivity index (χ0v) is 8.63. The summed E-state index contributed by atoms with van der Waals surface area (Å²) >= 11 is 0. The van der Waals surface area contributed by atoms with Gasteiger partial charge in [-0.2, -0.15) is 0 Å². The third-order valence-corrected chi connectivity index (χ3v) is 3.07. The van der Waals surface area contributed by atoms with E-state index in [1.54, 1.807) is 0 Å². The Labute approximate surface area is 85.2 Å². The summed E-state index contributed by atoms with van der Waals surface area (Å²) in [4.78, 5) is 11.3. The van der Waals surface area contributed by atoms with Crippen LogP contribution in [0.4, 0.5) is 4.79 Å². The number of amides is 1. The molecule has 2 aliphatic rings. The van der Waals surface area contributed by atoms with Crippen molar-refractivity contribution in [2.75, 3.05) is 6.61 Å². The highest BCUT2D eigenvalue weighted by Crippen LogP contribution is 2.28. The molecule has 2 rings (SSSR count). The van der Waals surface area contributed by atoms with Gasteiger partial charge in [-0.15, -0.1) is 0 Å². The predicted octanol–water partition coefficient (Wildman–Crippen LogP) is 2.46. The lowest BCUT2D eigenvalue weighted by Crippen LogP contribution is -2.36. The summed E-state index contributed by atoms with van der Waals surface area (Å²) in [6.07, 6.45) is 8.31. The van der Waals surface area contributed by atoms with Crippen LogP contribution in [0.25, 0.3) is 0 Å². The van der Waals surface area contributed by atoms with Crippen molar-refractivity contribution in [3.05, 3.63) is 0 Å². The van der Waals surface area contributed by atoms with Gasteiger partial charge >= 0.3 is 6.09 Å². The zero-order valence-electron chi connectivity index (χ0n) is 8.63. The van der Waals surface area contributed by atoms with Gasteiger partial charge in [0.25, 0.3) is 0 Å². The zero-order chi connectivity index (χ0) is 9.80. The maximum Gasteiger partial charge on any atom is 0.407 e. The van der Waals surface area contributed by atoms with Gasteiger partial charge < -0.3 is 10.1 Å². The van der Waals surface area contributed by atoms with Gasteiger partial charge in [-0.25, -0.2) is 4.79 Å². The minimum Gasteiger partial charge on any atom is -0.449 e. The molecule has 0 aromatic rings. The second-order valence-electron chi connectivity index (χ2n) is 4.52. The molecule has 0 spiro atoms. The summed E-state index contributed by atoms with van der Waals surface area (Å²) in [5, 5.41) is 2.94. The van der Waals surface area contributed by atoms with E-state index in [0.29, 0.717) is 18.6 Å². The molecule has 80 valence electrons. The van der Waals surface area contributed by atoms with Gasteiger partial charge in [0.1, 0.15) is 0 Å². The molecule has 14 heavy (non-hydrogen) atoms. The first kappa shape index (κ1) is 9.81. The van der Waals surface area contributed by atoms with Crippen molar-refractivity contribution < 1.29 is 9.53 Å². The molecule has 0 atom stereocenters. The third-order valence-electron chi connectivity index (χ3n) is 3.07. The number of alkyl carbamates (subject to hydrolysis) is 1. The Hall–Kier alpha value is -0.730. The Kier molecular flexibility index (Phi) is 3.27. The van der Waals surface area contributed by atoms with Crippen molar-refractivity contribution >= 4 is 6.09 Å². The van der Waals surface area contributed by atoms with Gasteiger partial charge in [0.15, 0.2) is 0 Å². The molecule has 0 radical (unpaired) electrons. The Bertz CT molecular complexity index is 195. The van der Waals surface area contributed by atoms with Gasteiger partial charge in [-0.3, -0.25) is 0 Å². The largest absolute Gasteiger partial charge is 0.449 e. The van der Waals surface area contributed by atoms with E-state index in [4.69, 9.17) is 4.74 Å². The molecule has 0 aromatic heterocycles. The van der Waals surface area contributed by atoms with E-state index in [2.05, 4.69) is 5.32 Å². The van der Waals surface area contributed by atoms with Crippen molar-refractivity contribution in [2.24, 2.45) is 5.92 Å². The standard InChI is InChI=1S/C11H19NO2/c13-11(14-8-9-6-7-9)12-10-4-2-1-3-5-10/h9-10H,1-8H2,(H,12,13). The molecule has 2 saturated carbocycles. The van der Waals surface area contributed by atoms with Crippen LogP contribution >= 0.6 is 0 Å². The first-order valence-corrected chi connectivity index (χ1v) is 5.78. The highest BCUT2D eigenvalue weighted by Gasteiger charge is 2.23. The van der Waals surface area contributed by atoms with Crippen LogP contribution in [-0.4, -0.2) is 18.7 Å². The van der Waals surface area contributed by atoms with Crippen molar-refractivity contribution in [2.45, 2.75) is 51.0 Å². The number of carbonyl (C=O) groups is 1. The number of nitrogens with one attached hydrogen (secondary N) is 1. The van der Waals surface area contributed by atoms with E-state index in [0.717, 1.165) is 12.8 Å². The molecule has 2 fully saturated rings. The Morgan fingerprint density at radius 2 is 1.86 bits per heavy atom. The van der Waals surface area contributed by atoms with Crippen LogP contribution in [0.3, 0.4) is 0 Å². The highest BCUT2D eigenvalue weighted by molar-refractivity contribution is 5.67. The normalized spacial score (nSPS) is 23.1. The van der Waals surface area contributed by atoms with Crippen LogP contribution < -0.4 is 5.32 Å². The molecule has 0 aromatic carbocycles. The first-order valence-electron chi connectivity index (χ1n) is 5.78. The molecule has 1 amide bonds. The molecule has 0 bridgehead atoms. The quantitative estimate of drug-likeness (QED) is 0.754. The number of hydrogen-bond donors (Lipinski definition) is 1. The van der Waals surface area contributed by atoms with Crippen LogP contribution in [0.15, 0.2) is 0 Å². The molecule has 1 N–H and O–H groups in total.